The van der Waals surface area contributed by atoms with E-state index in [0.29, 0.717) is 18.8 Å². The number of aromatic nitrogens is 2. The lowest BCUT2D eigenvalue weighted by Crippen LogP contribution is -2.60. The van der Waals surface area contributed by atoms with Gasteiger partial charge in [-0.05, 0) is 20.0 Å². The average Bonchev–Trinajstić information content (AvgIpc) is 3.05. The molecule has 1 aliphatic heterocycles. The number of hydrogen-bond donors (Lipinski definition) is 3. The van der Waals surface area contributed by atoms with Crippen molar-refractivity contribution in [2.45, 2.75) is 19.0 Å². The molecule has 0 aliphatic carbocycles. The van der Waals surface area contributed by atoms with Crippen molar-refractivity contribution in [3.63, 3.8) is 0 Å². The van der Waals surface area contributed by atoms with Gasteiger partial charge >= 0.3 is 0 Å². The number of rotatable bonds is 4. The maximum atomic E-state index is 12.8. The third kappa shape index (κ3) is 3.49. The van der Waals surface area contributed by atoms with Gasteiger partial charge in [-0.15, -0.1) is 0 Å². The van der Waals surface area contributed by atoms with E-state index in [4.69, 9.17) is 5.73 Å². The van der Waals surface area contributed by atoms with Crippen LogP contribution in [-0.2, 0) is 4.79 Å². The number of nitrogens with one attached hydrogen (secondary N) is 2. The van der Waals surface area contributed by atoms with Crippen LogP contribution in [0.15, 0.2) is 24.3 Å². The molecule has 134 valence electrons. The summed E-state index contributed by atoms with van der Waals surface area (Å²) < 4.78 is 0. The van der Waals surface area contributed by atoms with E-state index >= 15 is 0 Å². The van der Waals surface area contributed by atoms with Gasteiger partial charge in [0.05, 0.1) is 11.6 Å². The molecule has 25 heavy (non-hydrogen) atoms. The zero-order chi connectivity index (χ0) is 18.0. The van der Waals surface area contributed by atoms with E-state index < -0.39 is 6.04 Å². The van der Waals surface area contributed by atoms with Gasteiger partial charge in [-0.3, -0.25) is 14.7 Å². The van der Waals surface area contributed by atoms with Crippen molar-refractivity contribution in [2.24, 2.45) is 5.73 Å². The number of nitrogens with two attached hydrogens (primary N) is 1. The molecule has 1 aromatic carbocycles. The number of nitrogens with zero attached hydrogens (tertiary/aromatic N) is 3. The molecule has 0 radical (unpaired) electrons. The monoisotopic (exact) mass is 344 g/mol. The third-order valence-electron chi connectivity index (χ3n) is 4.64. The SMILES string of the molecule is CC(NC(=O)c1n[nH]c2ccccc12)C(=O)N1CCN(C)CC1CN. The predicted octanol–water partition coefficient (Wildman–Crippen LogP) is -0.217. The van der Waals surface area contributed by atoms with Gasteiger partial charge in [0.1, 0.15) is 6.04 Å². The van der Waals surface area contributed by atoms with Gasteiger partial charge < -0.3 is 20.9 Å². The van der Waals surface area contributed by atoms with Crippen LogP contribution in [0.5, 0.6) is 0 Å². The third-order valence-corrected chi connectivity index (χ3v) is 4.64. The van der Waals surface area contributed by atoms with Gasteiger partial charge in [-0.2, -0.15) is 5.10 Å². The van der Waals surface area contributed by atoms with Crippen LogP contribution < -0.4 is 11.1 Å². The summed E-state index contributed by atoms with van der Waals surface area (Å²) in [6.45, 7) is 4.25. The van der Waals surface area contributed by atoms with Crippen molar-refractivity contribution in [1.29, 1.82) is 0 Å². The van der Waals surface area contributed by atoms with E-state index in [0.717, 1.165) is 24.0 Å². The summed E-state index contributed by atoms with van der Waals surface area (Å²) in [6, 6.07) is 6.72. The van der Waals surface area contributed by atoms with Crippen LogP contribution in [0.25, 0.3) is 10.9 Å². The van der Waals surface area contributed by atoms with Crippen LogP contribution in [0.4, 0.5) is 0 Å². The number of hydrogen-bond acceptors (Lipinski definition) is 5. The highest BCUT2D eigenvalue weighted by Crippen LogP contribution is 2.15. The number of carbonyl (C=O) groups excluding carboxylic acids is 2. The highest BCUT2D eigenvalue weighted by Gasteiger charge is 2.31. The molecule has 1 aliphatic rings. The Morgan fingerprint density at radius 2 is 2.16 bits per heavy atom. The van der Waals surface area contributed by atoms with Crippen molar-refractivity contribution in [1.82, 2.24) is 25.3 Å². The van der Waals surface area contributed by atoms with Gasteiger partial charge in [0, 0.05) is 31.6 Å². The smallest absolute Gasteiger partial charge is 0.273 e. The standard InChI is InChI=1S/C17H24N6O2/c1-11(17(25)23-8-7-22(2)10-12(23)9-18)19-16(24)15-13-5-3-4-6-14(13)20-21-15/h3-6,11-12H,7-10,18H2,1-2H3,(H,19,24)(H,20,21). The lowest BCUT2D eigenvalue weighted by Gasteiger charge is -2.40. The molecule has 2 unspecified atom stereocenters. The zero-order valence-electron chi connectivity index (χ0n) is 14.5. The van der Waals surface area contributed by atoms with Gasteiger partial charge in [0.15, 0.2) is 5.69 Å². The van der Waals surface area contributed by atoms with Crippen molar-refractivity contribution in [3.05, 3.63) is 30.0 Å². The molecule has 1 fully saturated rings. The topological polar surface area (TPSA) is 107 Å². The molecule has 0 spiro atoms. The van der Waals surface area contributed by atoms with Gasteiger partial charge in [0.2, 0.25) is 5.91 Å². The molecule has 8 heteroatoms. The lowest BCUT2D eigenvalue weighted by atomic mass is 10.1. The van der Waals surface area contributed by atoms with Crippen LogP contribution >= 0.6 is 0 Å². The van der Waals surface area contributed by atoms with Gasteiger partial charge in [-0.1, -0.05) is 18.2 Å². The fourth-order valence-electron chi connectivity index (χ4n) is 3.21. The molecule has 4 N–H and O–H groups in total. The highest BCUT2D eigenvalue weighted by molar-refractivity contribution is 6.05. The van der Waals surface area contributed by atoms with E-state index in [1.165, 1.54) is 0 Å². The summed E-state index contributed by atoms with van der Waals surface area (Å²) >= 11 is 0. The second kappa shape index (κ2) is 7.20. The normalized spacial score (nSPS) is 19.8. The first kappa shape index (κ1) is 17.4. The molecular formula is C17H24N6O2. The number of carbonyl (C=O) groups is 2. The number of amides is 2. The van der Waals surface area contributed by atoms with E-state index in [9.17, 15) is 9.59 Å². The van der Waals surface area contributed by atoms with E-state index in [1.807, 2.05) is 31.3 Å². The number of benzene rings is 1. The number of para-hydroxylation sites is 1. The molecule has 2 amide bonds. The number of piperazine rings is 1. The Bertz CT molecular complexity index is 773. The Kier molecular flexibility index (Phi) is 5.00. The maximum absolute atomic E-state index is 12.8. The highest BCUT2D eigenvalue weighted by atomic mass is 16.2. The minimum atomic E-state index is -0.639. The minimum Gasteiger partial charge on any atom is -0.339 e. The lowest BCUT2D eigenvalue weighted by molar-refractivity contribution is -0.137. The number of likely N-dealkylation sites (N-methyl/N-ethyl adjacent to an activating group) is 1. The Morgan fingerprint density at radius 1 is 1.40 bits per heavy atom. The summed E-state index contributed by atoms with van der Waals surface area (Å²) in [5.74, 6) is -0.478. The summed E-state index contributed by atoms with van der Waals surface area (Å²) in [5.41, 5.74) is 6.89. The Balaban J connectivity index is 1.69. The summed E-state index contributed by atoms with van der Waals surface area (Å²) in [4.78, 5) is 29.2. The second-order valence-corrected chi connectivity index (χ2v) is 6.50. The molecule has 2 heterocycles. The maximum Gasteiger partial charge on any atom is 0.273 e. The Morgan fingerprint density at radius 3 is 2.92 bits per heavy atom. The summed E-state index contributed by atoms with van der Waals surface area (Å²) in [5, 5.41) is 10.4. The van der Waals surface area contributed by atoms with Crippen LogP contribution in [-0.4, -0.2) is 77.1 Å². The molecule has 0 saturated carbocycles. The Hall–Kier alpha value is -2.45. The number of aromatic amines is 1. The van der Waals surface area contributed by atoms with Gasteiger partial charge in [0.25, 0.3) is 5.91 Å². The quantitative estimate of drug-likeness (QED) is 0.711. The van der Waals surface area contributed by atoms with Crippen LogP contribution in [0, 0.1) is 0 Å². The molecule has 2 aromatic rings. The average molecular weight is 344 g/mol. The fraction of sp³-hybridized carbons (Fsp3) is 0.471. The van der Waals surface area contributed by atoms with Crippen molar-refractivity contribution >= 4 is 22.7 Å². The molecule has 0 bridgehead atoms. The molecule has 3 rings (SSSR count). The van der Waals surface area contributed by atoms with Crippen molar-refractivity contribution < 1.29 is 9.59 Å². The molecule has 1 saturated heterocycles. The van der Waals surface area contributed by atoms with Crippen LogP contribution in [0.1, 0.15) is 17.4 Å². The van der Waals surface area contributed by atoms with E-state index in [1.54, 1.807) is 11.8 Å². The first-order chi connectivity index (χ1) is 12.0. The minimum absolute atomic E-state index is 0.0307. The van der Waals surface area contributed by atoms with Crippen molar-refractivity contribution in [3.8, 4) is 0 Å². The first-order valence-electron chi connectivity index (χ1n) is 8.44. The molecule has 8 nitrogen and oxygen atoms in total. The molecule has 1 aromatic heterocycles. The van der Waals surface area contributed by atoms with Crippen LogP contribution in [0.2, 0.25) is 0 Å². The Labute approximate surface area is 146 Å². The molecular weight excluding hydrogens is 320 g/mol. The molecule has 2 atom stereocenters. The van der Waals surface area contributed by atoms with Crippen molar-refractivity contribution in [2.75, 3.05) is 33.2 Å². The predicted molar refractivity (Wildman–Crippen MR) is 95.1 cm³/mol. The fourth-order valence-corrected chi connectivity index (χ4v) is 3.21. The zero-order valence-corrected chi connectivity index (χ0v) is 14.5. The van der Waals surface area contributed by atoms with E-state index in [2.05, 4.69) is 20.4 Å². The number of fused-ring (bicyclic) bond motifs is 1. The first-order valence-corrected chi connectivity index (χ1v) is 8.44. The number of H-pyrrole nitrogens is 1. The van der Waals surface area contributed by atoms with E-state index in [-0.39, 0.29) is 17.9 Å². The van der Waals surface area contributed by atoms with Gasteiger partial charge in [-0.25, -0.2) is 0 Å². The largest absolute Gasteiger partial charge is 0.339 e. The second-order valence-electron chi connectivity index (χ2n) is 6.50. The summed E-state index contributed by atoms with van der Waals surface area (Å²) in [6.07, 6.45) is 0. The van der Waals surface area contributed by atoms with Crippen LogP contribution in [0.3, 0.4) is 0 Å². The summed E-state index contributed by atoms with van der Waals surface area (Å²) in [7, 11) is 2.01.